The molecule has 5 heteroatoms. The van der Waals surface area contributed by atoms with E-state index in [0.29, 0.717) is 0 Å². The third kappa shape index (κ3) is 2.25. The van der Waals surface area contributed by atoms with Gasteiger partial charge >= 0.3 is 5.97 Å². The molecule has 0 radical (unpaired) electrons. The Labute approximate surface area is 78.0 Å². The van der Waals surface area contributed by atoms with E-state index >= 15 is 0 Å². The monoisotopic (exact) mass is 204 g/mol. The van der Waals surface area contributed by atoms with Gasteiger partial charge in [0.05, 0.1) is 5.56 Å². The lowest BCUT2D eigenvalue weighted by Gasteiger charge is -2.06. The van der Waals surface area contributed by atoms with Crippen molar-refractivity contribution < 1.29 is 23.1 Å². The van der Waals surface area contributed by atoms with Crippen molar-refractivity contribution in [1.29, 1.82) is 0 Å². The minimum Gasteiger partial charge on any atom is -0.478 e. The molecule has 1 rings (SSSR count). The van der Waals surface area contributed by atoms with Gasteiger partial charge in [0.25, 0.3) is 6.43 Å². The summed E-state index contributed by atoms with van der Waals surface area (Å²) in [6.07, 6.45) is -5.46. The molecule has 2 nitrogen and oxygen atoms in total. The summed E-state index contributed by atoms with van der Waals surface area (Å²) in [5, 5.41) is 8.48. The van der Waals surface area contributed by atoms with Gasteiger partial charge in [-0.05, 0) is 17.7 Å². The molecule has 0 fully saturated rings. The van der Waals surface area contributed by atoms with E-state index in [-0.39, 0.29) is 11.1 Å². The second-order valence-electron chi connectivity index (χ2n) is 2.66. The summed E-state index contributed by atoms with van der Waals surface area (Å²) < 4.78 is 36.5. The van der Waals surface area contributed by atoms with Gasteiger partial charge in [-0.2, -0.15) is 0 Å². The van der Waals surface area contributed by atoms with Crippen LogP contribution in [0.25, 0.3) is 0 Å². The summed E-state index contributed by atoms with van der Waals surface area (Å²) in [5.41, 5.74) is -0.278. The standard InChI is InChI=1S/C9H7F3O2/c10-7(8(11)12)5-1-3-6(4-2-5)9(13)14/h1-4,7-8H,(H,13,14). The van der Waals surface area contributed by atoms with Crippen LogP contribution in [0, 0.1) is 0 Å². The Balaban J connectivity index is 2.88. The van der Waals surface area contributed by atoms with Crippen LogP contribution in [0.3, 0.4) is 0 Å². The molecule has 0 heterocycles. The van der Waals surface area contributed by atoms with Crippen molar-refractivity contribution in [1.82, 2.24) is 0 Å². The Kier molecular flexibility index (Phi) is 3.11. The summed E-state index contributed by atoms with van der Waals surface area (Å²) in [5.74, 6) is -1.18. The SMILES string of the molecule is O=C(O)c1ccc(C(F)C(F)F)cc1. The minimum absolute atomic E-state index is 0.0600. The smallest absolute Gasteiger partial charge is 0.335 e. The molecule has 0 saturated heterocycles. The van der Waals surface area contributed by atoms with Gasteiger partial charge in [-0.25, -0.2) is 18.0 Å². The van der Waals surface area contributed by atoms with E-state index < -0.39 is 18.6 Å². The van der Waals surface area contributed by atoms with Gasteiger partial charge in [-0.1, -0.05) is 12.1 Å². The van der Waals surface area contributed by atoms with Gasteiger partial charge in [0, 0.05) is 0 Å². The Morgan fingerprint density at radius 1 is 1.14 bits per heavy atom. The van der Waals surface area contributed by atoms with E-state index in [9.17, 15) is 18.0 Å². The predicted octanol–water partition coefficient (Wildman–Crippen LogP) is 2.66. The molecular formula is C9H7F3O2. The number of aromatic carboxylic acids is 1. The van der Waals surface area contributed by atoms with Crippen molar-refractivity contribution in [3.8, 4) is 0 Å². The van der Waals surface area contributed by atoms with Gasteiger partial charge < -0.3 is 5.11 Å². The van der Waals surface area contributed by atoms with Gasteiger partial charge in [-0.3, -0.25) is 0 Å². The maximum absolute atomic E-state index is 12.7. The second kappa shape index (κ2) is 4.13. The molecule has 1 N–H and O–H groups in total. The molecule has 0 aliphatic rings. The highest BCUT2D eigenvalue weighted by Crippen LogP contribution is 2.24. The molecule has 0 bridgehead atoms. The van der Waals surface area contributed by atoms with E-state index in [0.717, 1.165) is 24.3 Å². The number of carboxylic acids is 1. The largest absolute Gasteiger partial charge is 0.478 e. The highest BCUT2D eigenvalue weighted by molar-refractivity contribution is 5.87. The molecule has 0 aliphatic heterocycles. The van der Waals surface area contributed by atoms with Crippen LogP contribution in [0.5, 0.6) is 0 Å². The van der Waals surface area contributed by atoms with E-state index in [2.05, 4.69) is 0 Å². The zero-order chi connectivity index (χ0) is 10.7. The second-order valence-corrected chi connectivity index (χ2v) is 2.66. The lowest BCUT2D eigenvalue weighted by molar-refractivity contribution is 0.0495. The first-order valence-electron chi connectivity index (χ1n) is 3.78. The lowest BCUT2D eigenvalue weighted by atomic mass is 10.1. The fourth-order valence-corrected chi connectivity index (χ4v) is 0.955. The van der Waals surface area contributed by atoms with Crippen LogP contribution in [0.1, 0.15) is 22.1 Å². The topological polar surface area (TPSA) is 37.3 Å². The Morgan fingerprint density at radius 2 is 1.64 bits per heavy atom. The van der Waals surface area contributed by atoms with E-state index in [4.69, 9.17) is 5.11 Å². The van der Waals surface area contributed by atoms with Crippen LogP contribution < -0.4 is 0 Å². The van der Waals surface area contributed by atoms with Crippen LogP contribution in [0.15, 0.2) is 24.3 Å². The molecule has 0 aromatic heterocycles. The van der Waals surface area contributed by atoms with Gasteiger partial charge in [0.2, 0.25) is 0 Å². The molecular weight excluding hydrogens is 197 g/mol. The summed E-state index contributed by atoms with van der Waals surface area (Å²) in [7, 11) is 0. The van der Waals surface area contributed by atoms with Gasteiger partial charge in [-0.15, -0.1) is 0 Å². The number of carbonyl (C=O) groups is 1. The normalized spacial score (nSPS) is 12.9. The van der Waals surface area contributed by atoms with Crippen molar-refractivity contribution in [3.63, 3.8) is 0 Å². The average molecular weight is 204 g/mol. The number of rotatable bonds is 3. The van der Waals surface area contributed by atoms with E-state index in [1.54, 1.807) is 0 Å². The van der Waals surface area contributed by atoms with Crippen LogP contribution >= 0.6 is 0 Å². The molecule has 0 saturated carbocycles. The number of carboxylic acid groups (broad SMARTS) is 1. The molecule has 1 aromatic rings. The fraction of sp³-hybridized carbons (Fsp3) is 0.222. The van der Waals surface area contributed by atoms with E-state index in [1.165, 1.54) is 0 Å². The quantitative estimate of drug-likeness (QED) is 0.821. The molecule has 76 valence electrons. The van der Waals surface area contributed by atoms with Crippen molar-refractivity contribution in [2.75, 3.05) is 0 Å². The molecule has 0 aliphatic carbocycles. The van der Waals surface area contributed by atoms with Crippen molar-refractivity contribution >= 4 is 5.97 Å². The molecule has 1 atom stereocenters. The maximum atomic E-state index is 12.7. The molecule has 0 amide bonds. The summed E-state index contributed by atoms with van der Waals surface area (Å²) >= 11 is 0. The maximum Gasteiger partial charge on any atom is 0.335 e. The van der Waals surface area contributed by atoms with Crippen molar-refractivity contribution in [2.24, 2.45) is 0 Å². The van der Waals surface area contributed by atoms with Crippen LogP contribution in [0.4, 0.5) is 13.2 Å². The lowest BCUT2D eigenvalue weighted by Crippen LogP contribution is -2.04. The molecule has 0 spiro atoms. The minimum atomic E-state index is -3.09. The van der Waals surface area contributed by atoms with Gasteiger partial charge in [0.15, 0.2) is 6.17 Å². The summed E-state index contributed by atoms with van der Waals surface area (Å²) in [6, 6.07) is 4.26. The average Bonchev–Trinajstić information content (AvgIpc) is 2.16. The first kappa shape index (κ1) is 10.6. The molecule has 1 aromatic carbocycles. The number of halogens is 3. The van der Waals surface area contributed by atoms with Crippen molar-refractivity contribution in [2.45, 2.75) is 12.6 Å². The number of hydrogen-bond donors (Lipinski definition) is 1. The first-order chi connectivity index (χ1) is 6.52. The fourth-order valence-electron chi connectivity index (χ4n) is 0.955. The highest BCUT2D eigenvalue weighted by Gasteiger charge is 2.21. The number of hydrogen-bond acceptors (Lipinski definition) is 1. The van der Waals surface area contributed by atoms with Crippen molar-refractivity contribution in [3.05, 3.63) is 35.4 Å². The first-order valence-corrected chi connectivity index (χ1v) is 3.78. The number of benzene rings is 1. The predicted molar refractivity (Wildman–Crippen MR) is 43.3 cm³/mol. The third-order valence-corrected chi connectivity index (χ3v) is 1.70. The van der Waals surface area contributed by atoms with E-state index in [1.807, 2.05) is 0 Å². The Morgan fingerprint density at radius 3 is 2.00 bits per heavy atom. The van der Waals surface area contributed by atoms with Crippen LogP contribution in [0.2, 0.25) is 0 Å². The summed E-state index contributed by atoms with van der Waals surface area (Å²) in [6.45, 7) is 0. The van der Waals surface area contributed by atoms with Gasteiger partial charge in [0.1, 0.15) is 0 Å². The van der Waals surface area contributed by atoms with Crippen LogP contribution in [-0.2, 0) is 0 Å². The summed E-state index contributed by atoms with van der Waals surface area (Å²) in [4.78, 5) is 10.4. The zero-order valence-electron chi connectivity index (χ0n) is 6.95. The molecule has 1 unspecified atom stereocenters. The Hall–Kier alpha value is -1.52. The third-order valence-electron chi connectivity index (χ3n) is 1.70. The number of alkyl halides is 3. The highest BCUT2D eigenvalue weighted by atomic mass is 19.3. The zero-order valence-corrected chi connectivity index (χ0v) is 6.95. The Bertz CT molecular complexity index is 321. The van der Waals surface area contributed by atoms with Crippen LogP contribution in [-0.4, -0.2) is 17.5 Å². The molecule has 14 heavy (non-hydrogen) atoms.